The van der Waals surface area contributed by atoms with Crippen molar-refractivity contribution >= 4 is 0 Å². The predicted octanol–water partition coefficient (Wildman–Crippen LogP) is 1.07. The first-order valence-corrected chi connectivity index (χ1v) is 6.78. The molecule has 0 radical (unpaired) electrons. The molecule has 0 aromatic carbocycles. The van der Waals surface area contributed by atoms with Crippen molar-refractivity contribution in [2.24, 2.45) is 10.8 Å². The molecule has 0 heterocycles. The molecule has 0 bridgehead atoms. The van der Waals surface area contributed by atoms with Crippen LogP contribution in [0.3, 0.4) is 0 Å². The normalized spacial score (nSPS) is 12.9. The molecule has 0 fully saturated rings. The van der Waals surface area contributed by atoms with Gasteiger partial charge in [0.2, 0.25) is 0 Å². The summed E-state index contributed by atoms with van der Waals surface area (Å²) in [6.45, 7) is 11.4. The molecule has 0 aliphatic carbocycles. The van der Waals surface area contributed by atoms with Gasteiger partial charge < -0.3 is 24.4 Å². The van der Waals surface area contributed by atoms with Crippen LogP contribution in [0.15, 0.2) is 0 Å². The van der Waals surface area contributed by atoms with Gasteiger partial charge in [-0.25, -0.2) is 0 Å². The Morgan fingerprint density at radius 1 is 0.632 bits per heavy atom. The average Bonchev–Trinajstić information content (AvgIpc) is 2.28. The molecular formula is C14H30O5. The molecule has 0 atom stereocenters. The lowest BCUT2D eigenvalue weighted by atomic mass is 9.94. The zero-order valence-corrected chi connectivity index (χ0v) is 12.8. The van der Waals surface area contributed by atoms with Crippen molar-refractivity contribution < 1.29 is 24.4 Å². The Balaban J connectivity index is 3.79. The van der Waals surface area contributed by atoms with Crippen LogP contribution >= 0.6 is 0 Å². The summed E-state index contributed by atoms with van der Waals surface area (Å²) in [5, 5.41) is 17.3. The zero-order chi connectivity index (χ0) is 14.8. The first-order chi connectivity index (χ1) is 8.83. The average molecular weight is 278 g/mol. The summed E-state index contributed by atoms with van der Waals surface area (Å²) in [6, 6.07) is 0. The maximum atomic E-state index is 8.66. The van der Waals surface area contributed by atoms with E-state index in [1.165, 1.54) is 0 Å². The van der Waals surface area contributed by atoms with Gasteiger partial charge in [-0.2, -0.15) is 0 Å². The Kier molecular flexibility index (Phi) is 9.56. The summed E-state index contributed by atoms with van der Waals surface area (Å²) in [5.41, 5.74) is -0.144. The third-order valence-corrected chi connectivity index (χ3v) is 2.44. The maximum absolute atomic E-state index is 8.66. The van der Waals surface area contributed by atoms with Crippen molar-refractivity contribution in [1.29, 1.82) is 0 Å². The molecule has 2 N–H and O–H groups in total. The van der Waals surface area contributed by atoms with Crippen LogP contribution in [0.25, 0.3) is 0 Å². The largest absolute Gasteiger partial charge is 0.394 e. The van der Waals surface area contributed by atoms with Crippen LogP contribution in [0.2, 0.25) is 0 Å². The SMILES string of the molecule is CC(C)(COCCO)COCC(C)(C)COCCO. The monoisotopic (exact) mass is 278 g/mol. The Bertz CT molecular complexity index is 194. The van der Waals surface area contributed by atoms with Crippen molar-refractivity contribution in [2.75, 3.05) is 52.9 Å². The smallest absolute Gasteiger partial charge is 0.0697 e. The molecule has 0 unspecified atom stereocenters. The van der Waals surface area contributed by atoms with Crippen molar-refractivity contribution in [2.45, 2.75) is 27.7 Å². The molecule has 0 saturated heterocycles. The minimum Gasteiger partial charge on any atom is -0.394 e. The van der Waals surface area contributed by atoms with Crippen LogP contribution in [-0.2, 0) is 14.2 Å². The Morgan fingerprint density at radius 2 is 0.947 bits per heavy atom. The van der Waals surface area contributed by atoms with E-state index in [0.717, 1.165) is 0 Å². The van der Waals surface area contributed by atoms with Crippen LogP contribution < -0.4 is 0 Å². The highest BCUT2D eigenvalue weighted by molar-refractivity contribution is 4.70. The van der Waals surface area contributed by atoms with E-state index in [1.54, 1.807) is 0 Å². The second-order valence-corrected chi connectivity index (χ2v) is 6.37. The molecule has 0 spiro atoms. The third-order valence-electron chi connectivity index (χ3n) is 2.44. The fourth-order valence-electron chi connectivity index (χ4n) is 1.51. The molecule has 0 aliphatic rings. The van der Waals surface area contributed by atoms with Crippen LogP contribution in [0.1, 0.15) is 27.7 Å². The van der Waals surface area contributed by atoms with E-state index < -0.39 is 0 Å². The quantitative estimate of drug-likeness (QED) is 0.523. The minimum absolute atomic E-state index is 0.0478. The molecule has 0 amide bonds. The van der Waals surface area contributed by atoms with E-state index in [0.29, 0.717) is 39.6 Å². The third kappa shape index (κ3) is 11.3. The maximum Gasteiger partial charge on any atom is 0.0697 e. The van der Waals surface area contributed by atoms with E-state index in [1.807, 2.05) is 0 Å². The van der Waals surface area contributed by atoms with E-state index >= 15 is 0 Å². The highest BCUT2D eigenvalue weighted by atomic mass is 16.5. The van der Waals surface area contributed by atoms with E-state index in [9.17, 15) is 0 Å². The van der Waals surface area contributed by atoms with Gasteiger partial charge in [-0.1, -0.05) is 27.7 Å². The molecule has 116 valence electrons. The lowest BCUT2D eigenvalue weighted by Gasteiger charge is -2.28. The first kappa shape index (κ1) is 18.8. The van der Waals surface area contributed by atoms with Gasteiger partial charge in [0, 0.05) is 10.8 Å². The molecule has 0 aliphatic heterocycles. The van der Waals surface area contributed by atoms with Gasteiger partial charge in [-0.3, -0.25) is 0 Å². The second-order valence-electron chi connectivity index (χ2n) is 6.37. The first-order valence-electron chi connectivity index (χ1n) is 6.78. The molecule has 5 heteroatoms. The Morgan fingerprint density at radius 3 is 1.26 bits per heavy atom. The van der Waals surface area contributed by atoms with Crippen LogP contribution in [0, 0.1) is 10.8 Å². The fourth-order valence-corrected chi connectivity index (χ4v) is 1.51. The van der Waals surface area contributed by atoms with Crippen molar-refractivity contribution in [1.82, 2.24) is 0 Å². The molecular weight excluding hydrogens is 248 g/mol. The standard InChI is InChI=1S/C14H30O5/c1-13(2,9-17-7-5-15)11-19-12-14(3,4)10-18-8-6-16/h15-16H,5-12H2,1-4H3. The van der Waals surface area contributed by atoms with Gasteiger partial charge in [-0.05, 0) is 0 Å². The predicted molar refractivity (Wildman–Crippen MR) is 74.2 cm³/mol. The Labute approximate surface area is 116 Å². The molecule has 0 aromatic heterocycles. The fraction of sp³-hybridized carbons (Fsp3) is 1.00. The number of aliphatic hydroxyl groups excluding tert-OH is 2. The summed E-state index contributed by atoms with van der Waals surface area (Å²) in [6.07, 6.45) is 0. The summed E-state index contributed by atoms with van der Waals surface area (Å²) in [4.78, 5) is 0. The topological polar surface area (TPSA) is 68.2 Å². The van der Waals surface area contributed by atoms with E-state index in [4.69, 9.17) is 24.4 Å². The van der Waals surface area contributed by atoms with Crippen molar-refractivity contribution in [3.05, 3.63) is 0 Å². The lowest BCUT2D eigenvalue weighted by molar-refractivity contribution is -0.0509. The molecule has 19 heavy (non-hydrogen) atoms. The zero-order valence-electron chi connectivity index (χ0n) is 12.8. The van der Waals surface area contributed by atoms with Gasteiger partial charge in [0.15, 0.2) is 0 Å². The van der Waals surface area contributed by atoms with Crippen LogP contribution in [0.5, 0.6) is 0 Å². The number of hydrogen-bond donors (Lipinski definition) is 2. The van der Waals surface area contributed by atoms with Gasteiger partial charge in [0.05, 0.1) is 52.9 Å². The molecule has 5 nitrogen and oxygen atoms in total. The van der Waals surface area contributed by atoms with E-state index in [-0.39, 0.29) is 24.0 Å². The molecule has 0 aromatic rings. The summed E-state index contributed by atoms with van der Waals surface area (Å²) >= 11 is 0. The van der Waals surface area contributed by atoms with Gasteiger partial charge >= 0.3 is 0 Å². The Hall–Kier alpha value is -0.200. The summed E-state index contributed by atoms with van der Waals surface area (Å²) in [7, 11) is 0. The summed E-state index contributed by atoms with van der Waals surface area (Å²) in [5.74, 6) is 0. The van der Waals surface area contributed by atoms with Gasteiger partial charge in [-0.15, -0.1) is 0 Å². The van der Waals surface area contributed by atoms with Crippen molar-refractivity contribution in [3.8, 4) is 0 Å². The summed E-state index contributed by atoms with van der Waals surface area (Å²) < 4.78 is 16.4. The molecule has 0 rings (SSSR count). The highest BCUT2D eigenvalue weighted by Crippen LogP contribution is 2.20. The van der Waals surface area contributed by atoms with E-state index in [2.05, 4.69) is 27.7 Å². The van der Waals surface area contributed by atoms with Crippen LogP contribution in [0.4, 0.5) is 0 Å². The minimum atomic E-state index is -0.0722. The number of ether oxygens (including phenoxy) is 3. The number of hydrogen-bond acceptors (Lipinski definition) is 5. The molecule has 0 saturated carbocycles. The van der Waals surface area contributed by atoms with Gasteiger partial charge in [0.1, 0.15) is 0 Å². The van der Waals surface area contributed by atoms with Crippen LogP contribution in [-0.4, -0.2) is 63.1 Å². The highest BCUT2D eigenvalue weighted by Gasteiger charge is 2.23. The lowest BCUT2D eigenvalue weighted by Crippen LogP contribution is -2.31. The van der Waals surface area contributed by atoms with Gasteiger partial charge in [0.25, 0.3) is 0 Å². The number of aliphatic hydroxyl groups is 2. The van der Waals surface area contributed by atoms with Crippen molar-refractivity contribution in [3.63, 3.8) is 0 Å². The second kappa shape index (κ2) is 9.66. The number of rotatable bonds is 12.